The Hall–Kier alpha value is -0.630. The molecule has 0 bridgehead atoms. The van der Waals surface area contributed by atoms with Crippen LogP contribution in [0.1, 0.15) is 31.2 Å². The molecule has 0 saturated heterocycles. The molecule has 0 spiro atoms. The molecule has 0 radical (unpaired) electrons. The van der Waals surface area contributed by atoms with Crippen molar-refractivity contribution in [2.24, 2.45) is 0 Å². The molecule has 0 unspecified atom stereocenters. The van der Waals surface area contributed by atoms with E-state index in [1.165, 1.54) is 18.4 Å². The fourth-order valence-electron chi connectivity index (χ4n) is 2.28. The topological polar surface area (TPSA) is 17.1 Å². The van der Waals surface area contributed by atoms with Crippen molar-refractivity contribution in [3.63, 3.8) is 0 Å². The van der Waals surface area contributed by atoms with Gasteiger partial charge in [0.2, 0.25) is 0 Å². The molecular weight excluding hydrogens is 240 g/mol. The smallest absolute Gasteiger partial charge is 0.130 e. The minimum atomic E-state index is -0.191. The summed E-state index contributed by atoms with van der Waals surface area (Å²) in [5.41, 5.74) is 0.975. The number of hydrogen-bond acceptors (Lipinski definition) is 1. The number of carbonyl (C=O) groups is 1. The maximum atomic E-state index is 11.2. The second kappa shape index (κ2) is 3.85. The van der Waals surface area contributed by atoms with Gasteiger partial charge in [0.25, 0.3) is 0 Å². The van der Waals surface area contributed by atoms with Crippen molar-refractivity contribution < 1.29 is 4.79 Å². The summed E-state index contributed by atoms with van der Waals surface area (Å²) >= 11 is 3.45. The van der Waals surface area contributed by atoms with Crippen molar-refractivity contribution in [3.8, 4) is 0 Å². The molecule has 14 heavy (non-hydrogen) atoms. The predicted molar refractivity (Wildman–Crippen MR) is 60.4 cm³/mol. The first-order valence-corrected chi connectivity index (χ1v) is 5.78. The Morgan fingerprint density at radius 3 is 2.57 bits per heavy atom. The Morgan fingerprint density at radius 1 is 1.29 bits per heavy atom. The average Bonchev–Trinajstić information content (AvgIpc) is 2.67. The number of rotatable bonds is 2. The van der Waals surface area contributed by atoms with Gasteiger partial charge in [0, 0.05) is 4.47 Å². The van der Waals surface area contributed by atoms with E-state index in [9.17, 15) is 4.79 Å². The van der Waals surface area contributed by atoms with Crippen LogP contribution in [-0.2, 0) is 10.2 Å². The molecule has 2 heteroatoms. The minimum absolute atomic E-state index is 0.191. The molecule has 0 heterocycles. The third kappa shape index (κ3) is 1.63. The van der Waals surface area contributed by atoms with Crippen molar-refractivity contribution in [2.75, 3.05) is 0 Å². The first-order valence-electron chi connectivity index (χ1n) is 4.99. The summed E-state index contributed by atoms with van der Waals surface area (Å²) in [6.07, 6.45) is 5.50. The highest BCUT2D eigenvalue weighted by Gasteiger charge is 2.35. The number of hydrogen-bond donors (Lipinski definition) is 0. The van der Waals surface area contributed by atoms with E-state index in [1.54, 1.807) is 0 Å². The lowest BCUT2D eigenvalue weighted by Crippen LogP contribution is -2.23. The van der Waals surface area contributed by atoms with E-state index in [0.717, 1.165) is 23.6 Å². The van der Waals surface area contributed by atoms with Crippen LogP contribution in [0.25, 0.3) is 0 Å². The van der Waals surface area contributed by atoms with Gasteiger partial charge in [-0.3, -0.25) is 0 Å². The fraction of sp³-hybridized carbons (Fsp3) is 0.417. The quantitative estimate of drug-likeness (QED) is 0.737. The van der Waals surface area contributed by atoms with E-state index in [2.05, 4.69) is 28.1 Å². The number of carbonyl (C=O) groups excluding carboxylic acids is 1. The number of aldehydes is 1. The van der Waals surface area contributed by atoms with E-state index < -0.39 is 0 Å². The SMILES string of the molecule is O=CC1(c2cccc(Br)c2)CCCC1. The van der Waals surface area contributed by atoms with Crippen LogP contribution in [0.15, 0.2) is 28.7 Å². The van der Waals surface area contributed by atoms with E-state index in [1.807, 2.05) is 12.1 Å². The number of halogens is 1. The van der Waals surface area contributed by atoms with Gasteiger partial charge >= 0.3 is 0 Å². The van der Waals surface area contributed by atoms with Crippen LogP contribution >= 0.6 is 15.9 Å². The van der Waals surface area contributed by atoms with Gasteiger partial charge in [-0.2, -0.15) is 0 Å². The Bertz CT molecular complexity index is 340. The Morgan fingerprint density at radius 2 is 2.00 bits per heavy atom. The average molecular weight is 253 g/mol. The molecule has 1 aromatic rings. The van der Waals surface area contributed by atoms with E-state index in [4.69, 9.17) is 0 Å². The van der Waals surface area contributed by atoms with Gasteiger partial charge in [-0.05, 0) is 30.5 Å². The molecule has 0 aliphatic heterocycles. The lowest BCUT2D eigenvalue weighted by atomic mass is 9.80. The molecule has 1 fully saturated rings. The zero-order valence-corrected chi connectivity index (χ0v) is 9.59. The molecular formula is C12H13BrO. The zero-order valence-electron chi connectivity index (χ0n) is 8.00. The third-order valence-corrected chi connectivity index (χ3v) is 3.61. The summed E-state index contributed by atoms with van der Waals surface area (Å²) in [4.78, 5) is 11.2. The normalized spacial score (nSPS) is 19.5. The van der Waals surface area contributed by atoms with Crippen LogP contribution in [-0.4, -0.2) is 6.29 Å². The van der Waals surface area contributed by atoms with Crippen LogP contribution in [0.5, 0.6) is 0 Å². The second-order valence-electron chi connectivity index (χ2n) is 3.99. The predicted octanol–water partition coefficient (Wildman–Crippen LogP) is 3.46. The number of benzene rings is 1. The Labute approximate surface area is 92.6 Å². The maximum Gasteiger partial charge on any atom is 0.130 e. The molecule has 0 N–H and O–H groups in total. The summed E-state index contributed by atoms with van der Waals surface area (Å²) in [7, 11) is 0. The highest BCUT2D eigenvalue weighted by atomic mass is 79.9. The third-order valence-electron chi connectivity index (χ3n) is 3.12. The molecule has 0 aromatic heterocycles. The van der Waals surface area contributed by atoms with Crippen molar-refractivity contribution in [1.82, 2.24) is 0 Å². The van der Waals surface area contributed by atoms with Crippen molar-refractivity contribution in [1.29, 1.82) is 0 Å². The molecule has 1 nitrogen and oxygen atoms in total. The first-order chi connectivity index (χ1) is 6.77. The van der Waals surface area contributed by atoms with Gasteiger partial charge in [-0.15, -0.1) is 0 Å². The lowest BCUT2D eigenvalue weighted by molar-refractivity contribution is -0.112. The molecule has 1 aliphatic carbocycles. The summed E-state index contributed by atoms with van der Waals surface area (Å²) in [5.74, 6) is 0. The van der Waals surface area contributed by atoms with Crippen LogP contribution in [0, 0.1) is 0 Å². The second-order valence-corrected chi connectivity index (χ2v) is 4.91. The summed E-state index contributed by atoms with van der Waals surface area (Å²) in [5, 5.41) is 0. The standard InChI is InChI=1S/C12H13BrO/c13-11-5-3-4-10(8-11)12(9-14)6-1-2-7-12/h3-5,8-9H,1-2,6-7H2. The lowest BCUT2D eigenvalue weighted by Gasteiger charge is -2.22. The van der Waals surface area contributed by atoms with E-state index in [-0.39, 0.29) is 5.41 Å². The minimum Gasteiger partial charge on any atom is -0.302 e. The van der Waals surface area contributed by atoms with E-state index in [0.29, 0.717) is 0 Å². The largest absolute Gasteiger partial charge is 0.302 e. The molecule has 1 aliphatic rings. The highest BCUT2D eigenvalue weighted by Crippen LogP contribution is 2.39. The summed E-state index contributed by atoms with van der Waals surface area (Å²) < 4.78 is 1.06. The zero-order chi connectivity index (χ0) is 10.0. The fourth-order valence-corrected chi connectivity index (χ4v) is 2.68. The van der Waals surface area contributed by atoms with Crippen molar-refractivity contribution in [3.05, 3.63) is 34.3 Å². The monoisotopic (exact) mass is 252 g/mol. The summed E-state index contributed by atoms with van der Waals surface area (Å²) in [6.45, 7) is 0. The van der Waals surface area contributed by atoms with E-state index >= 15 is 0 Å². The van der Waals surface area contributed by atoms with Crippen LogP contribution < -0.4 is 0 Å². The van der Waals surface area contributed by atoms with Crippen molar-refractivity contribution >= 4 is 22.2 Å². The van der Waals surface area contributed by atoms with Gasteiger partial charge in [0.05, 0.1) is 5.41 Å². The van der Waals surface area contributed by atoms with Crippen molar-refractivity contribution in [2.45, 2.75) is 31.1 Å². The van der Waals surface area contributed by atoms with Gasteiger partial charge in [-0.1, -0.05) is 40.9 Å². The Kier molecular flexibility index (Phi) is 2.73. The van der Waals surface area contributed by atoms with Gasteiger partial charge < -0.3 is 4.79 Å². The molecule has 2 rings (SSSR count). The Balaban J connectivity index is 2.40. The van der Waals surface area contributed by atoms with Gasteiger partial charge in [0.1, 0.15) is 6.29 Å². The first kappa shape index (κ1) is 9.91. The molecule has 1 aromatic carbocycles. The van der Waals surface area contributed by atoms with Crippen LogP contribution in [0.4, 0.5) is 0 Å². The molecule has 74 valence electrons. The van der Waals surface area contributed by atoms with Gasteiger partial charge in [0.15, 0.2) is 0 Å². The maximum absolute atomic E-state index is 11.2. The summed E-state index contributed by atoms with van der Waals surface area (Å²) in [6, 6.07) is 8.13. The molecule has 1 saturated carbocycles. The van der Waals surface area contributed by atoms with Crippen LogP contribution in [0.3, 0.4) is 0 Å². The van der Waals surface area contributed by atoms with Gasteiger partial charge in [-0.25, -0.2) is 0 Å². The molecule has 0 atom stereocenters. The van der Waals surface area contributed by atoms with Crippen LogP contribution in [0.2, 0.25) is 0 Å². The highest BCUT2D eigenvalue weighted by molar-refractivity contribution is 9.10. The molecule has 0 amide bonds.